The zero-order valence-electron chi connectivity index (χ0n) is 14.3. The van der Waals surface area contributed by atoms with Crippen molar-refractivity contribution in [3.8, 4) is 0 Å². The van der Waals surface area contributed by atoms with Gasteiger partial charge >= 0.3 is 0 Å². The Balaban J connectivity index is 1.77. The Morgan fingerprint density at radius 3 is 2.50 bits per heavy atom. The fourth-order valence-electron chi connectivity index (χ4n) is 4.35. The molecule has 22 heavy (non-hydrogen) atoms. The molecule has 2 saturated heterocycles. The van der Waals surface area contributed by atoms with E-state index < -0.39 is 0 Å². The van der Waals surface area contributed by atoms with Crippen LogP contribution in [0.15, 0.2) is 10.5 Å². The summed E-state index contributed by atoms with van der Waals surface area (Å²) in [6.45, 7) is 8.00. The number of furan rings is 1. The number of hydrogen-bond donors (Lipinski definition) is 0. The Morgan fingerprint density at radius 1 is 1.23 bits per heavy atom. The van der Waals surface area contributed by atoms with E-state index >= 15 is 0 Å². The smallest absolute Gasteiger partial charge is 0.230 e. The Kier molecular flexibility index (Phi) is 4.31. The van der Waals surface area contributed by atoms with Gasteiger partial charge in [0.15, 0.2) is 0 Å². The van der Waals surface area contributed by atoms with Crippen molar-refractivity contribution < 1.29 is 9.21 Å². The first-order chi connectivity index (χ1) is 10.5. The van der Waals surface area contributed by atoms with Gasteiger partial charge < -0.3 is 14.2 Å². The summed E-state index contributed by atoms with van der Waals surface area (Å²) in [5, 5.41) is 0. The Hall–Kier alpha value is -1.29. The highest BCUT2D eigenvalue weighted by Gasteiger charge is 2.40. The molecule has 0 N–H and O–H groups in total. The minimum atomic E-state index is -0.107. The third-order valence-corrected chi connectivity index (χ3v) is 5.52. The van der Waals surface area contributed by atoms with Gasteiger partial charge in [-0.15, -0.1) is 0 Å². The lowest BCUT2D eigenvalue weighted by atomic mass is 9.97. The van der Waals surface area contributed by atoms with Gasteiger partial charge in [-0.2, -0.15) is 0 Å². The Labute approximate surface area is 133 Å². The van der Waals surface area contributed by atoms with E-state index in [0.29, 0.717) is 12.1 Å². The molecule has 0 bridgehead atoms. The van der Waals surface area contributed by atoms with Gasteiger partial charge in [0.25, 0.3) is 0 Å². The van der Waals surface area contributed by atoms with E-state index in [-0.39, 0.29) is 11.8 Å². The SMILES string of the molecule is Cc1cc([C@H](C)C(=O)N2CCC[C@@H]2[C@@H]2CCCN2C)c(C)o1. The maximum absolute atomic E-state index is 13.0. The number of rotatable bonds is 3. The second-order valence-corrected chi connectivity index (χ2v) is 7.02. The summed E-state index contributed by atoms with van der Waals surface area (Å²) in [5.74, 6) is 1.93. The molecule has 4 nitrogen and oxygen atoms in total. The summed E-state index contributed by atoms with van der Waals surface area (Å²) in [4.78, 5) is 17.6. The van der Waals surface area contributed by atoms with Gasteiger partial charge in [0.2, 0.25) is 5.91 Å². The zero-order chi connectivity index (χ0) is 15.9. The number of hydrogen-bond acceptors (Lipinski definition) is 3. The molecule has 0 aliphatic carbocycles. The van der Waals surface area contributed by atoms with Crippen LogP contribution in [-0.4, -0.2) is 47.9 Å². The minimum Gasteiger partial charge on any atom is -0.466 e. The van der Waals surface area contributed by atoms with Crippen LogP contribution in [0.25, 0.3) is 0 Å². The van der Waals surface area contributed by atoms with Gasteiger partial charge in [0.05, 0.1) is 5.92 Å². The van der Waals surface area contributed by atoms with Crippen molar-refractivity contribution in [3.05, 3.63) is 23.2 Å². The number of likely N-dealkylation sites (tertiary alicyclic amines) is 2. The second-order valence-electron chi connectivity index (χ2n) is 7.02. The quantitative estimate of drug-likeness (QED) is 0.861. The van der Waals surface area contributed by atoms with E-state index in [0.717, 1.165) is 36.5 Å². The molecule has 3 rings (SSSR count). The molecule has 3 heterocycles. The molecule has 0 saturated carbocycles. The summed E-state index contributed by atoms with van der Waals surface area (Å²) >= 11 is 0. The first-order valence-electron chi connectivity index (χ1n) is 8.56. The van der Waals surface area contributed by atoms with Crippen LogP contribution in [0.1, 0.15) is 55.6 Å². The van der Waals surface area contributed by atoms with Crippen molar-refractivity contribution in [3.63, 3.8) is 0 Å². The van der Waals surface area contributed by atoms with Crippen molar-refractivity contribution in [1.82, 2.24) is 9.80 Å². The molecule has 3 atom stereocenters. The summed E-state index contributed by atoms with van der Waals surface area (Å²) in [6, 6.07) is 2.96. The number of aryl methyl sites for hydroxylation is 2. The van der Waals surface area contributed by atoms with E-state index in [2.05, 4.69) is 16.8 Å². The summed E-state index contributed by atoms with van der Waals surface area (Å²) in [5.41, 5.74) is 1.05. The van der Waals surface area contributed by atoms with Crippen molar-refractivity contribution in [2.75, 3.05) is 20.1 Å². The normalized spacial score (nSPS) is 27.5. The molecule has 2 fully saturated rings. The van der Waals surface area contributed by atoms with E-state index in [4.69, 9.17) is 4.42 Å². The van der Waals surface area contributed by atoms with Crippen LogP contribution in [-0.2, 0) is 4.79 Å². The van der Waals surface area contributed by atoms with Crippen molar-refractivity contribution >= 4 is 5.91 Å². The van der Waals surface area contributed by atoms with Gasteiger partial charge in [0.1, 0.15) is 11.5 Å². The van der Waals surface area contributed by atoms with Crippen LogP contribution in [0, 0.1) is 13.8 Å². The Bertz CT molecular complexity index is 551. The minimum absolute atomic E-state index is 0.107. The highest BCUT2D eigenvalue weighted by atomic mass is 16.3. The molecular formula is C18H28N2O2. The lowest BCUT2D eigenvalue weighted by Crippen LogP contribution is -2.48. The van der Waals surface area contributed by atoms with Gasteiger partial charge in [-0.05, 0) is 66.1 Å². The lowest BCUT2D eigenvalue weighted by molar-refractivity contribution is -0.134. The second kappa shape index (κ2) is 6.07. The average Bonchev–Trinajstić information content (AvgIpc) is 3.17. The van der Waals surface area contributed by atoms with Crippen LogP contribution in [0.2, 0.25) is 0 Å². The molecule has 0 spiro atoms. The third-order valence-electron chi connectivity index (χ3n) is 5.52. The van der Waals surface area contributed by atoms with Crippen LogP contribution in [0.5, 0.6) is 0 Å². The number of carbonyl (C=O) groups is 1. The summed E-state index contributed by atoms with van der Waals surface area (Å²) < 4.78 is 5.61. The number of carbonyl (C=O) groups excluding carboxylic acids is 1. The number of amides is 1. The zero-order valence-corrected chi connectivity index (χ0v) is 14.3. The third kappa shape index (κ3) is 2.69. The lowest BCUT2D eigenvalue weighted by Gasteiger charge is -2.34. The first kappa shape index (κ1) is 15.6. The highest BCUT2D eigenvalue weighted by Crippen LogP contribution is 2.32. The van der Waals surface area contributed by atoms with Crippen molar-refractivity contribution in [2.24, 2.45) is 0 Å². The maximum Gasteiger partial charge on any atom is 0.230 e. The van der Waals surface area contributed by atoms with E-state index in [1.807, 2.05) is 26.8 Å². The molecule has 4 heteroatoms. The molecular weight excluding hydrogens is 276 g/mol. The number of nitrogens with zero attached hydrogens (tertiary/aromatic N) is 2. The van der Waals surface area contributed by atoms with Crippen LogP contribution in [0.3, 0.4) is 0 Å². The fraction of sp³-hybridized carbons (Fsp3) is 0.722. The van der Waals surface area contributed by atoms with Crippen molar-refractivity contribution in [2.45, 2.75) is 64.5 Å². The molecule has 2 aliphatic heterocycles. The topological polar surface area (TPSA) is 36.7 Å². The average molecular weight is 304 g/mol. The van der Waals surface area contributed by atoms with Crippen LogP contribution >= 0.6 is 0 Å². The Morgan fingerprint density at radius 2 is 1.91 bits per heavy atom. The maximum atomic E-state index is 13.0. The van der Waals surface area contributed by atoms with Crippen LogP contribution in [0.4, 0.5) is 0 Å². The van der Waals surface area contributed by atoms with E-state index in [1.54, 1.807) is 0 Å². The highest BCUT2D eigenvalue weighted by molar-refractivity contribution is 5.84. The van der Waals surface area contributed by atoms with E-state index in [1.165, 1.54) is 19.4 Å². The predicted octanol–water partition coefficient (Wildman–Crippen LogP) is 3.09. The molecule has 122 valence electrons. The largest absolute Gasteiger partial charge is 0.466 e. The molecule has 0 aromatic carbocycles. The predicted molar refractivity (Wildman–Crippen MR) is 87.0 cm³/mol. The first-order valence-corrected chi connectivity index (χ1v) is 8.56. The molecule has 0 unspecified atom stereocenters. The van der Waals surface area contributed by atoms with Crippen LogP contribution < -0.4 is 0 Å². The van der Waals surface area contributed by atoms with Gasteiger partial charge in [-0.1, -0.05) is 0 Å². The van der Waals surface area contributed by atoms with Gasteiger partial charge in [-0.25, -0.2) is 0 Å². The molecule has 0 radical (unpaired) electrons. The van der Waals surface area contributed by atoms with Crippen molar-refractivity contribution in [1.29, 1.82) is 0 Å². The fourth-order valence-corrected chi connectivity index (χ4v) is 4.35. The van der Waals surface area contributed by atoms with Gasteiger partial charge in [-0.3, -0.25) is 4.79 Å². The standard InChI is InChI=1S/C18H28N2O2/c1-12-11-15(14(3)22-12)13(2)18(21)20-10-6-8-17(20)16-7-5-9-19(16)4/h11,13,16-17H,5-10H2,1-4H3/t13-,16-,17+/m0/s1. The number of likely N-dealkylation sites (N-methyl/N-ethyl adjacent to an activating group) is 1. The molecule has 1 aromatic rings. The van der Waals surface area contributed by atoms with Gasteiger partial charge in [0, 0.05) is 24.2 Å². The molecule has 1 amide bonds. The summed E-state index contributed by atoms with van der Waals surface area (Å²) in [7, 11) is 2.20. The monoisotopic (exact) mass is 304 g/mol. The molecule has 2 aliphatic rings. The van der Waals surface area contributed by atoms with E-state index in [9.17, 15) is 4.79 Å². The summed E-state index contributed by atoms with van der Waals surface area (Å²) in [6.07, 6.45) is 4.77. The molecule has 1 aromatic heterocycles.